The number of carbonyl (C=O) groups is 1. The normalized spacial score (nSPS) is 26.7. The van der Waals surface area contributed by atoms with Gasteiger partial charge in [-0.3, -0.25) is 14.3 Å². The zero-order valence-corrected chi connectivity index (χ0v) is 13.1. The second-order valence-electron chi connectivity index (χ2n) is 4.88. The largest absolute Gasteiger partial charge is 0.317 e. The SMILES string of the molecule is CCC1NC(c2cccs2)N(C(C)CS(C)=O)C1=O. The Morgan fingerprint density at radius 2 is 2.32 bits per heavy atom. The summed E-state index contributed by atoms with van der Waals surface area (Å²) in [5.74, 6) is 0.644. The number of carbonyl (C=O) groups excluding carboxylic acids is 1. The lowest BCUT2D eigenvalue weighted by Crippen LogP contribution is -2.41. The Morgan fingerprint density at radius 1 is 1.58 bits per heavy atom. The van der Waals surface area contributed by atoms with Crippen LogP contribution < -0.4 is 5.32 Å². The fourth-order valence-corrected chi connectivity index (χ4v) is 4.12. The Kier molecular flexibility index (Phi) is 4.76. The third-order valence-corrected chi connectivity index (χ3v) is 5.24. The average Bonchev–Trinajstić information content (AvgIpc) is 2.94. The minimum absolute atomic E-state index is 0.0190. The van der Waals surface area contributed by atoms with Gasteiger partial charge in [0.1, 0.15) is 6.17 Å². The minimum Gasteiger partial charge on any atom is -0.317 e. The van der Waals surface area contributed by atoms with Crippen molar-refractivity contribution >= 4 is 28.0 Å². The summed E-state index contributed by atoms with van der Waals surface area (Å²) in [4.78, 5) is 15.4. The predicted molar refractivity (Wildman–Crippen MR) is 79.5 cm³/mol. The molecule has 1 aliphatic rings. The first-order chi connectivity index (χ1) is 9.04. The molecular formula is C13H20N2O2S2. The lowest BCUT2D eigenvalue weighted by molar-refractivity contribution is -0.131. The number of rotatable bonds is 5. The average molecular weight is 300 g/mol. The van der Waals surface area contributed by atoms with Crippen molar-refractivity contribution in [2.24, 2.45) is 0 Å². The molecule has 6 heteroatoms. The molecule has 0 aliphatic carbocycles. The van der Waals surface area contributed by atoms with Gasteiger partial charge in [-0.1, -0.05) is 13.0 Å². The van der Waals surface area contributed by atoms with E-state index in [0.717, 1.165) is 11.3 Å². The summed E-state index contributed by atoms with van der Waals surface area (Å²) in [6.45, 7) is 3.98. The van der Waals surface area contributed by atoms with Gasteiger partial charge in [0.2, 0.25) is 5.91 Å². The Hall–Kier alpha value is -0.720. The molecule has 4 atom stereocenters. The molecule has 1 fully saturated rings. The fourth-order valence-electron chi connectivity index (χ4n) is 2.50. The van der Waals surface area contributed by atoms with Crippen molar-refractivity contribution in [2.45, 2.75) is 38.5 Å². The van der Waals surface area contributed by atoms with Gasteiger partial charge in [-0.05, 0) is 24.8 Å². The molecule has 1 aromatic heterocycles. The molecule has 1 aromatic rings. The van der Waals surface area contributed by atoms with Crippen molar-refractivity contribution in [1.82, 2.24) is 10.2 Å². The molecule has 19 heavy (non-hydrogen) atoms. The van der Waals surface area contributed by atoms with Gasteiger partial charge >= 0.3 is 0 Å². The highest BCUT2D eigenvalue weighted by Gasteiger charge is 2.41. The standard InChI is InChI=1S/C13H20N2O2S2/c1-4-10-13(16)15(9(2)8-19(3)17)12(14-10)11-6-5-7-18-11/h5-7,9-10,12,14H,4,8H2,1-3H3. The van der Waals surface area contributed by atoms with Gasteiger partial charge in [0.15, 0.2) is 0 Å². The third-order valence-electron chi connectivity index (χ3n) is 3.36. The molecule has 1 amide bonds. The van der Waals surface area contributed by atoms with Crippen molar-refractivity contribution in [3.8, 4) is 0 Å². The maximum atomic E-state index is 12.4. The number of thiophene rings is 1. The van der Waals surface area contributed by atoms with E-state index in [4.69, 9.17) is 0 Å². The summed E-state index contributed by atoms with van der Waals surface area (Å²) in [5, 5.41) is 5.40. The van der Waals surface area contributed by atoms with E-state index >= 15 is 0 Å². The van der Waals surface area contributed by atoms with Crippen LogP contribution in [0.3, 0.4) is 0 Å². The zero-order chi connectivity index (χ0) is 14.0. The highest BCUT2D eigenvalue weighted by atomic mass is 32.2. The molecular weight excluding hydrogens is 280 g/mol. The van der Waals surface area contributed by atoms with Crippen molar-refractivity contribution in [3.63, 3.8) is 0 Å². The summed E-state index contributed by atoms with van der Waals surface area (Å²) in [6.07, 6.45) is 2.39. The van der Waals surface area contributed by atoms with Crippen LogP contribution in [0.5, 0.6) is 0 Å². The van der Waals surface area contributed by atoms with E-state index in [9.17, 15) is 9.00 Å². The first kappa shape index (κ1) is 14.7. The van der Waals surface area contributed by atoms with Gasteiger partial charge < -0.3 is 4.90 Å². The highest BCUT2D eigenvalue weighted by molar-refractivity contribution is 7.84. The smallest absolute Gasteiger partial charge is 0.241 e. The molecule has 0 bridgehead atoms. The third kappa shape index (κ3) is 3.07. The molecule has 0 spiro atoms. The van der Waals surface area contributed by atoms with Crippen molar-refractivity contribution < 1.29 is 9.00 Å². The minimum atomic E-state index is -0.900. The molecule has 0 radical (unpaired) electrons. The first-order valence-electron chi connectivity index (χ1n) is 6.46. The number of hydrogen-bond acceptors (Lipinski definition) is 4. The number of nitrogens with zero attached hydrogens (tertiary/aromatic N) is 1. The van der Waals surface area contributed by atoms with Crippen LogP contribution in [0.1, 0.15) is 31.3 Å². The van der Waals surface area contributed by atoms with Gasteiger partial charge in [-0.15, -0.1) is 11.3 Å². The summed E-state index contributed by atoms with van der Waals surface area (Å²) in [5.41, 5.74) is 0. The van der Waals surface area contributed by atoms with Crippen LogP contribution >= 0.6 is 11.3 Å². The fraction of sp³-hybridized carbons (Fsp3) is 0.615. The molecule has 106 valence electrons. The molecule has 2 heterocycles. The van der Waals surface area contributed by atoms with Crippen LogP contribution in [-0.4, -0.2) is 39.1 Å². The lowest BCUT2D eigenvalue weighted by Gasteiger charge is -2.29. The van der Waals surface area contributed by atoms with Crippen LogP contribution in [0.25, 0.3) is 0 Å². The number of amides is 1. The summed E-state index contributed by atoms with van der Waals surface area (Å²) < 4.78 is 11.4. The first-order valence-corrected chi connectivity index (χ1v) is 9.07. The van der Waals surface area contributed by atoms with Gasteiger partial charge in [0.25, 0.3) is 0 Å². The van der Waals surface area contributed by atoms with Gasteiger partial charge in [0, 0.05) is 33.7 Å². The highest BCUT2D eigenvalue weighted by Crippen LogP contribution is 2.31. The van der Waals surface area contributed by atoms with Crippen molar-refractivity contribution in [2.75, 3.05) is 12.0 Å². The lowest BCUT2D eigenvalue weighted by atomic mass is 10.2. The van der Waals surface area contributed by atoms with Crippen LogP contribution in [0, 0.1) is 0 Å². The van der Waals surface area contributed by atoms with E-state index in [1.165, 1.54) is 0 Å². The van der Waals surface area contributed by atoms with Crippen LogP contribution in [0.4, 0.5) is 0 Å². The second kappa shape index (κ2) is 6.15. The quantitative estimate of drug-likeness (QED) is 0.901. The molecule has 0 aromatic carbocycles. The summed E-state index contributed by atoms with van der Waals surface area (Å²) in [6, 6.07) is 3.89. The molecule has 1 N–H and O–H groups in total. The summed E-state index contributed by atoms with van der Waals surface area (Å²) >= 11 is 1.64. The Labute approximate surface area is 120 Å². The Bertz CT molecular complexity index is 461. The molecule has 1 aliphatic heterocycles. The van der Waals surface area contributed by atoms with E-state index in [0.29, 0.717) is 5.75 Å². The molecule has 2 rings (SSSR count). The second-order valence-corrected chi connectivity index (χ2v) is 7.34. The van der Waals surface area contributed by atoms with E-state index in [1.807, 2.05) is 36.3 Å². The Morgan fingerprint density at radius 3 is 2.84 bits per heavy atom. The van der Waals surface area contributed by atoms with Gasteiger partial charge in [0.05, 0.1) is 6.04 Å². The van der Waals surface area contributed by atoms with Gasteiger partial charge in [-0.2, -0.15) is 0 Å². The summed E-state index contributed by atoms with van der Waals surface area (Å²) in [7, 11) is -0.900. The monoisotopic (exact) mass is 300 g/mol. The zero-order valence-electron chi connectivity index (χ0n) is 11.5. The number of hydrogen-bond donors (Lipinski definition) is 1. The van der Waals surface area contributed by atoms with Crippen molar-refractivity contribution in [1.29, 1.82) is 0 Å². The maximum Gasteiger partial charge on any atom is 0.241 e. The van der Waals surface area contributed by atoms with Gasteiger partial charge in [-0.25, -0.2) is 0 Å². The Balaban J connectivity index is 2.24. The molecule has 4 nitrogen and oxygen atoms in total. The van der Waals surface area contributed by atoms with E-state index < -0.39 is 10.8 Å². The van der Waals surface area contributed by atoms with E-state index in [-0.39, 0.29) is 24.2 Å². The van der Waals surface area contributed by atoms with Crippen LogP contribution in [-0.2, 0) is 15.6 Å². The molecule has 0 saturated carbocycles. The molecule has 4 unspecified atom stereocenters. The number of nitrogens with one attached hydrogen (secondary N) is 1. The molecule has 1 saturated heterocycles. The topological polar surface area (TPSA) is 49.4 Å². The van der Waals surface area contributed by atoms with Crippen LogP contribution in [0.2, 0.25) is 0 Å². The van der Waals surface area contributed by atoms with Crippen LogP contribution in [0.15, 0.2) is 17.5 Å². The maximum absolute atomic E-state index is 12.4. The van der Waals surface area contributed by atoms with Crippen molar-refractivity contribution in [3.05, 3.63) is 22.4 Å². The van der Waals surface area contributed by atoms with E-state index in [1.54, 1.807) is 17.6 Å². The predicted octanol–water partition coefficient (Wildman–Crippen LogP) is 1.72. The van der Waals surface area contributed by atoms with E-state index in [2.05, 4.69) is 5.32 Å².